The first-order valence-corrected chi connectivity index (χ1v) is 5.88. The summed E-state index contributed by atoms with van der Waals surface area (Å²) in [5, 5.41) is 10.4. The van der Waals surface area contributed by atoms with Gasteiger partial charge in [0.2, 0.25) is 0 Å². The SMILES string of the molecule is Cn1ccc2ccc(CC3(C(=O)O)CC3)cc21. The van der Waals surface area contributed by atoms with Gasteiger partial charge < -0.3 is 9.67 Å². The van der Waals surface area contributed by atoms with Gasteiger partial charge in [-0.1, -0.05) is 12.1 Å². The number of fused-ring (bicyclic) bond motifs is 1. The molecule has 3 heteroatoms. The Morgan fingerprint density at radius 3 is 2.82 bits per heavy atom. The molecule has 0 amide bonds. The predicted octanol–water partition coefficient (Wildman–Crippen LogP) is 2.59. The molecule has 1 aliphatic rings. The molecule has 3 nitrogen and oxygen atoms in total. The van der Waals surface area contributed by atoms with E-state index in [1.807, 2.05) is 19.3 Å². The Kier molecular flexibility index (Phi) is 2.05. The molecule has 0 atom stereocenters. The Hall–Kier alpha value is -1.77. The summed E-state index contributed by atoms with van der Waals surface area (Å²) in [4.78, 5) is 11.2. The molecule has 1 heterocycles. The van der Waals surface area contributed by atoms with Gasteiger partial charge in [-0.05, 0) is 42.3 Å². The van der Waals surface area contributed by atoms with E-state index in [2.05, 4.69) is 22.8 Å². The van der Waals surface area contributed by atoms with Gasteiger partial charge in [0.15, 0.2) is 0 Å². The predicted molar refractivity (Wildman–Crippen MR) is 65.9 cm³/mol. The van der Waals surface area contributed by atoms with Crippen molar-refractivity contribution in [2.45, 2.75) is 19.3 Å². The zero-order valence-corrected chi connectivity index (χ0v) is 9.81. The highest BCUT2D eigenvalue weighted by molar-refractivity contribution is 5.82. The molecule has 17 heavy (non-hydrogen) atoms. The number of hydrogen-bond donors (Lipinski definition) is 1. The van der Waals surface area contributed by atoms with E-state index >= 15 is 0 Å². The normalized spacial score (nSPS) is 17.2. The third kappa shape index (κ3) is 1.62. The van der Waals surface area contributed by atoms with Crippen molar-refractivity contribution in [2.75, 3.05) is 0 Å². The summed E-state index contributed by atoms with van der Waals surface area (Å²) in [6.45, 7) is 0. The van der Waals surface area contributed by atoms with Gasteiger partial charge in [-0.25, -0.2) is 0 Å². The molecule has 0 aliphatic heterocycles. The van der Waals surface area contributed by atoms with E-state index < -0.39 is 11.4 Å². The van der Waals surface area contributed by atoms with E-state index in [-0.39, 0.29) is 0 Å². The summed E-state index contributed by atoms with van der Waals surface area (Å²) >= 11 is 0. The second kappa shape index (κ2) is 3.36. The number of carboxylic acid groups (broad SMARTS) is 1. The number of rotatable bonds is 3. The Labute approximate surface area is 99.7 Å². The number of aryl methyl sites for hydroxylation is 1. The second-order valence-electron chi connectivity index (χ2n) is 5.08. The van der Waals surface area contributed by atoms with Gasteiger partial charge in [0, 0.05) is 18.8 Å². The number of hydrogen-bond acceptors (Lipinski definition) is 1. The first kappa shape index (κ1) is 10.4. The molecule has 1 aromatic carbocycles. The van der Waals surface area contributed by atoms with Crippen LogP contribution in [0.2, 0.25) is 0 Å². The Bertz CT molecular complexity index is 593. The molecule has 1 aliphatic carbocycles. The van der Waals surface area contributed by atoms with Crippen molar-refractivity contribution in [3.05, 3.63) is 36.0 Å². The van der Waals surface area contributed by atoms with Gasteiger partial charge in [-0.3, -0.25) is 4.79 Å². The molecular weight excluding hydrogens is 214 g/mol. The lowest BCUT2D eigenvalue weighted by Crippen LogP contribution is -2.17. The van der Waals surface area contributed by atoms with Crippen molar-refractivity contribution >= 4 is 16.9 Å². The lowest BCUT2D eigenvalue weighted by atomic mass is 9.96. The van der Waals surface area contributed by atoms with Crippen LogP contribution in [-0.2, 0) is 18.3 Å². The highest BCUT2D eigenvalue weighted by Crippen LogP contribution is 2.48. The molecule has 0 spiro atoms. The van der Waals surface area contributed by atoms with Gasteiger partial charge in [0.25, 0.3) is 0 Å². The molecule has 3 rings (SSSR count). The fourth-order valence-corrected chi connectivity index (χ4v) is 2.43. The Morgan fingerprint density at radius 1 is 1.41 bits per heavy atom. The number of nitrogens with zero attached hydrogens (tertiary/aromatic N) is 1. The molecule has 2 aromatic rings. The average Bonchev–Trinajstić information content (AvgIpc) is 3.00. The zero-order valence-electron chi connectivity index (χ0n) is 9.81. The second-order valence-corrected chi connectivity index (χ2v) is 5.08. The van der Waals surface area contributed by atoms with E-state index in [1.54, 1.807) is 0 Å². The highest BCUT2D eigenvalue weighted by Gasteiger charge is 2.49. The van der Waals surface area contributed by atoms with Crippen molar-refractivity contribution in [3.63, 3.8) is 0 Å². The molecule has 88 valence electrons. The minimum atomic E-state index is -0.649. The van der Waals surface area contributed by atoms with Crippen molar-refractivity contribution in [1.29, 1.82) is 0 Å². The molecule has 1 aromatic heterocycles. The summed E-state index contributed by atoms with van der Waals surface area (Å²) in [7, 11) is 2.01. The van der Waals surface area contributed by atoms with E-state index in [4.69, 9.17) is 0 Å². The molecule has 1 N–H and O–H groups in total. The number of aromatic nitrogens is 1. The van der Waals surface area contributed by atoms with E-state index in [9.17, 15) is 9.90 Å². The first-order valence-electron chi connectivity index (χ1n) is 5.88. The summed E-state index contributed by atoms with van der Waals surface area (Å²) in [5.74, 6) is -0.649. The van der Waals surface area contributed by atoms with Crippen LogP contribution < -0.4 is 0 Å². The summed E-state index contributed by atoms with van der Waals surface area (Å²) < 4.78 is 2.07. The minimum absolute atomic E-state index is 0.473. The molecule has 0 saturated heterocycles. The van der Waals surface area contributed by atoms with Gasteiger partial charge in [0.05, 0.1) is 5.41 Å². The molecular formula is C14H15NO2. The van der Waals surface area contributed by atoms with Gasteiger partial charge in [-0.2, -0.15) is 0 Å². The lowest BCUT2D eigenvalue weighted by Gasteiger charge is -2.10. The lowest BCUT2D eigenvalue weighted by molar-refractivity contribution is -0.143. The van der Waals surface area contributed by atoms with E-state index in [0.717, 1.165) is 18.4 Å². The maximum Gasteiger partial charge on any atom is 0.309 e. The van der Waals surface area contributed by atoms with E-state index in [1.165, 1.54) is 10.9 Å². The van der Waals surface area contributed by atoms with E-state index in [0.29, 0.717) is 6.42 Å². The smallest absolute Gasteiger partial charge is 0.309 e. The van der Waals surface area contributed by atoms with Crippen LogP contribution in [0.4, 0.5) is 0 Å². The molecule has 1 saturated carbocycles. The third-order valence-electron chi connectivity index (χ3n) is 3.80. The minimum Gasteiger partial charge on any atom is -0.481 e. The van der Waals surface area contributed by atoms with Crippen molar-refractivity contribution < 1.29 is 9.90 Å². The number of carbonyl (C=O) groups is 1. The quantitative estimate of drug-likeness (QED) is 0.879. The van der Waals surface area contributed by atoms with Crippen LogP contribution in [0, 0.1) is 5.41 Å². The van der Waals surface area contributed by atoms with Crippen LogP contribution in [-0.4, -0.2) is 15.6 Å². The largest absolute Gasteiger partial charge is 0.481 e. The fourth-order valence-electron chi connectivity index (χ4n) is 2.43. The maximum absolute atomic E-state index is 11.2. The van der Waals surface area contributed by atoms with Crippen molar-refractivity contribution in [2.24, 2.45) is 12.5 Å². The molecule has 0 bridgehead atoms. The zero-order chi connectivity index (χ0) is 12.0. The monoisotopic (exact) mass is 229 g/mol. The van der Waals surface area contributed by atoms with Crippen LogP contribution >= 0.6 is 0 Å². The van der Waals surface area contributed by atoms with Crippen molar-refractivity contribution in [1.82, 2.24) is 4.57 Å². The molecule has 0 radical (unpaired) electrons. The van der Waals surface area contributed by atoms with Gasteiger partial charge in [-0.15, -0.1) is 0 Å². The molecule has 1 fully saturated rings. The summed E-state index contributed by atoms with van der Waals surface area (Å²) in [5.41, 5.74) is 1.82. The van der Waals surface area contributed by atoms with Gasteiger partial charge in [0.1, 0.15) is 0 Å². The van der Waals surface area contributed by atoms with Gasteiger partial charge >= 0.3 is 5.97 Å². The van der Waals surface area contributed by atoms with Crippen LogP contribution in [0.3, 0.4) is 0 Å². The highest BCUT2D eigenvalue weighted by atomic mass is 16.4. The maximum atomic E-state index is 11.2. The number of benzene rings is 1. The first-order chi connectivity index (χ1) is 8.11. The topological polar surface area (TPSA) is 42.2 Å². The molecule has 0 unspecified atom stereocenters. The van der Waals surface area contributed by atoms with Crippen LogP contribution in [0.1, 0.15) is 18.4 Å². The summed E-state index contributed by atoms with van der Waals surface area (Å²) in [6, 6.07) is 8.30. The Balaban J connectivity index is 1.96. The average molecular weight is 229 g/mol. The van der Waals surface area contributed by atoms with Crippen molar-refractivity contribution in [3.8, 4) is 0 Å². The van der Waals surface area contributed by atoms with Crippen LogP contribution in [0.15, 0.2) is 30.5 Å². The Morgan fingerprint density at radius 2 is 2.18 bits per heavy atom. The third-order valence-corrected chi connectivity index (χ3v) is 3.80. The number of aliphatic carboxylic acids is 1. The fraction of sp³-hybridized carbons (Fsp3) is 0.357. The van der Waals surface area contributed by atoms with Crippen LogP contribution in [0.5, 0.6) is 0 Å². The summed E-state index contributed by atoms with van der Waals surface area (Å²) in [6.07, 6.45) is 4.31. The number of carboxylic acids is 1. The van der Waals surface area contributed by atoms with Crippen LogP contribution in [0.25, 0.3) is 10.9 Å². The standard InChI is InChI=1S/C14H15NO2/c1-15-7-4-11-3-2-10(8-12(11)15)9-14(5-6-14)13(16)17/h2-4,7-8H,5-6,9H2,1H3,(H,16,17).